The predicted octanol–water partition coefficient (Wildman–Crippen LogP) is 7.95. The van der Waals surface area contributed by atoms with E-state index in [4.69, 9.17) is 24.4 Å². The van der Waals surface area contributed by atoms with Gasteiger partial charge in [0.1, 0.15) is 13.2 Å². The molecule has 0 aromatic heterocycles. The summed E-state index contributed by atoms with van der Waals surface area (Å²) in [5.74, 6) is 1.54. The van der Waals surface area contributed by atoms with E-state index >= 15 is 0 Å². The van der Waals surface area contributed by atoms with Gasteiger partial charge in [0.15, 0.2) is 11.5 Å². The van der Waals surface area contributed by atoms with E-state index in [9.17, 15) is 0 Å². The zero-order chi connectivity index (χ0) is 30.6. The molecule has 0 bridgehead atoms. The molecule has 0 unspecified atom stereocenters. The normalized spacial score (nSPS) is 11.9. The second kappa shape index (κ2) is 15.1. The SMILES string of the molecule is C=COCCN(N=Cc1ccc2c(c1)Oc1cc(C=NN(CCOC=C)c3ccccc3)ccc1N2CC)c1ccccc1. The summed E-state index contributed by atoms with van der Waals surface area (Å²) in [7, 11) is 0. The van der Waals surface area contributed by atoms with Crippen molar-refractivity contribution in [1.82, 2.24) is 0 Å². The van der Waals surface area contributed by atoms with Crippen molar-refractivity contribution in [3.63, 3.8) is 0 Å². The molecule has 0 aliphatic carbocycles. The second-order valence-corrected chi connectivity index (χ2v) is 9.78. The third-order valence-electron chi connectivity index (χ3n) is 6.96. The number of ether oxygens (including phenoxy) is 3. The van der Waals surface area contributed by atoms with Crippen LogP contribution >= 0.6 is 0 Å². The highest BCUT2D eigenvalue weighted by atomic mass is 16.5. The average molecular weight is 588 g/mol. The highest BCUT2D eigenvalue weighted by Gasteiger charge is 2.24. The molecule has 0 radical (unpaired) electrons. The summed E-state index contributed by atoms with van der Waals surface area (Å²) in [6.45, 7) is 12.3. The number of nitrogens with zero attached hydrogens (tertiary/aromatic N) is 5. The zero-order valence-electron chi connectivity index (χ0n) is 25.0. The van der Waals surface area contributed by atoms with E-state index in [0.29, 0.717) is 26.3 Å². The first-order valence-electron chi connectivity index (χ1n) is 14.6. The first kappa shape index (κ1) is 30.0. The van der Waals surface area contributed by atoms with Crippen LogP contribution in [-0.2, 0) is 9.47 Å². The molecule has 224 valence electrons. The van der Waals surface area contributed by atoms with E-state index in [-0.39, 0.29) is 0 Å². The number of fused-ring (bicyclic) bond motifs is 2. The van der Waals surface area contributed by atoms with Crippen molar-refractivity contribution in [1.29, 1.82) is 0 Å². The van der Waals surface area contributed by atoms with Crippen LogP contribution in [0, 0.1) is 0 Å². The minimum Gasteiger partial charge on any atom is -0.500 e. The third kappa shape index (κ3) is 7.46. The summed E-state index contributed by atoms with van der Waals surface area (Å²) in [5.41, 5.74) is 5.82. The molecule has 8 nitrogen and oxygen atoms in total. The van der Waals surface area contributed by atoms with Crippen molar-refractivity contribution < 1.29 is 14.2 Å². The van der Waals surface area contributed by atoms with Gasteiger partial charge in [-0.05, 0) is 66.6 Å². The van der Waals surface area contributed by atoms with Crippen molar-refractivity contribution >= 4 is 35.2 Å². The summed E-state index contributed by atoms with van der Waals surface area (Å²) >= 11 is 0. The molecule has 1 aliphatic heterocycles. The summed E-state index contributed by atoms with van der Waals surface area (Å²) in [6.07, 6.45) is 6.57. The maximum absolute atomic E-state index is 6.48. The molecule has 0 N–H and O–H groups in total. The van der Waals surface area contributed by atoms with E-state index in [2.05, 4.69) is 49.2 Å². The maximum Gasteiger partial charge on any atom is 0.151 e. The molecule has 0 saturated heterocycles. The smallest absolute Gasteiger partial charge is 0.151 e. The Hall–Kier alpha value is -5.50. The molecular formula is C36H37N5O3. The summed E-state index contributed by atoms with van der Waals surface area (Å²) < 4.78 is 17.2. The van der Waals surface area contributed by atoms with Crippen molar-refractivity contribution in [2.75, 3.05) is 47.8 Å². The van der Waals surface area contributed by atoms with E-state index in [1.54, 1.807) is 0 Å². The van der Waals surface area contributed by atoms with Gasteiger partial charge >= 0.3 is 0 Å². The number of benzene rings is 4. The van der Waals surface area contributed by atoms with Crippen LogP contribution in [0.5, 0.6) is 11.5 Å². The van der Waals surface area contributed by atoms with E-state index in [0.717, 1.165) is 51.9 Å². The van der Waals surface area contributed by atoms with Gasteiger partial charge in [-0.15, -0.1) is 0 Å². The number of rotatable bonds is 15. The van der Waals surface area contributed by atoms with Gasteiger partial charge < -0.3 is 19.1 Å². The Morgan fingerprint density at radius 2 is 1.14 bits per heavy atom. The molecule has 1 aliphatic rings. The standard InChI is InChI=1S/C36H37N5O3/c1-4-39-33-19-17-29(27-37-40(21-23-42-5-2)31-13-9-7-10-14-31)25-35(33)44-36-26-30(18-20-34(36)39)28-38-41(22-24-43-6-3)32-15-11-8-12-16-32/h5-20,25-28H,2-4,21-24H2,1H3. The Bertz CT molecular complexity index is 1470. The maximum atomic E-state index is 6.48. The van der Waals surface area contributed by atoms with Crippen LogP contribution in [0.25, 0.3) is 0 Å². The molecule has 44 heavy (non-hydrogen) atoms. The molecule has 4 aromatic rings. The Morgan fingerprint density at radius 1 is 0.682 bits per heavy atom. The number of anilines is 4. The van der Waals surface area contributed by atoms with E-state index in [1.807, 2.05) is 95.2 Å². The summed E-state index contributed by atoms with van der Waals surface area (Å²) in [5, 5.41) is 13.3. The number of hydrogen-bond donors (Lipinski definition) is 0. The fourth-order valence-electron chi connectivity index (χ4n) is 4.85. The lowest BCUT2D eigenvalue weighted by atomic mass is 10.1. The van der Waals surface area contributed by atoms with Gasteiger partial charge in [-0.25, -0.2) is 0 Å². The molecule has 0 atom stereocenters. The van der Waals surface area contributed by atoms with Gasteiger partial charge in [0.25, 0.3) is 0 Å². The van der Waals surface area contributed by atoms with Crippen LogP contribution in [-0.4, -0.2) is 45.3 Å². The quantitative estimate of drug-likeness (QED) is 0.0609. The monoisotopic (exact) mass is 587 g/mol. The van der Waals surface area contributed by atoms with Gasteiger partial charge in [0.2, 0.25) is 0 Å². The minimum atomic E-state index is 0.475. The van der Waals surface area contributed by atoms with Crippen LogP contribution in [0.4, 0.5) is 22.7 Å². The molecule has 0 saturated carbocycles. The van der Waals surface area contributed by atoms with Crippen LogP contribution in [0.2, 0.25) is 0 Å². The lowest BCUT2D eigenvalue weighted by Gasteiger charge is -2.32. The Kier molecular flexibility index (Phi) is 10.3. The van der Waals surface area contributed by atoms with Crippen LogP contribution in [0.3, 0.4) is 0 Å². The van der Waals surface area contributed by atoms with E-state index < -0.39 is 0 Å². The van der Waals surface area contributed by atoms with Crippen molar-refractivity contribution in [3.8, 4) is 11.5 Å². The largest absolute Gasteiger partial charge is 0.500 e. The molecule has 1 heterocycles. The van der Waals surface area contributed by atoms with Crippen molar-refractivity contribution in [2.24, 2.45) is 10.2 Å². The molecule has 0 fully saturated rings. The minimum absolute atomic E-state index is 0.475. The first-order chi connectivity index (χ1) is 21.7. The van der Waals surface area contributed by atoms with Gasteiger partial charge in [-0.3, -0.25) is 10.0 Å². The Balaban J connectivity index is 1.37. The third-order valence-corrected chi connectivity index (χ3v) is 6.96. The molecule has 8 heteroatoms. The van der Waals surface area contributed by atoms with Gasteiger partial charge in [-0.2, -0.15) is 10.2 Å². The number of hydrazone groups is 2. The van der Waals surface area contributed by atoms with Gasteiger partial charge in [0.05, 0.1) is 60.8 Å². The highest BCUT2D eigenvalue weighted by molar-refractivity contribution is 5.88. The fraction of sp³-hybridized carbons (Fsp3) is 0.167. The van der Waals surface area contributed by atoms with Gasteiger partial charge in [0, 0.05) is 6.54 Å². The Morgan fingerprint density at radius 3 is 1.55 bits per heavy atom. The molecule has 0 spiro atoms. The fourth-order valence-corrected chi connectivity index (χ4v) is 4.85. The topological polar surface area (TPSA) is 62.1 Å². The van der Waals surface area contributed by atoms with Crippen molar-refractivity contribution in [2.45, 2.75) is 6.92 Å². The molecule has 4 aromatic carbocycles. The number of hydrogen-bond acceptors (Lipinski definition) is 8. The summed E-state index contributed by atoms with van der Waals surface area (Å²) in [6, 6.07) is 32.3. The van der Waals surface area contributed by atoms with Crippen molar-refractivity contribution in [3.05, 3.63) is 134 Å². The van der Waals surface area contributed by atoms with E-state index in [1.165, 1.54) is 12.5 Å². The van der Waals surface area contributed by atoms with Gasteiger partial charge in [-0.1, -0.05) is 61.7 Å². The van der Waals surface area contributed by atoms with Crippen LogP contribution < -0.4 is 19.7 Å². The molecular weight excluding hydrogens is 550 g/mol. The average Bonchev–Trinajstić information content (AvgIpc) is 3.07. The summed E-state index contributed by atoms with van der Waals surface area (Å²) in [4.78, 5) is 2.25. The lowest BCUT2D eigenvalue weighted by molar-refractivity contribution is 0.258. The molecule has 0 amide bonds. The zero-order valence-corrected chi connectivity index (χ0v) is 25.0. The molecule has 5 rings (SSSR count). The predicted molar refractivity (Wildman–Crippen MR) is 181 cm³/mol. The Labute approximate surface area is 259 Å². The second-order valence-electron chi connectivity index (χ2n) is 9.78. The van der Waals surface area contributed by atoms with Crippen LogP contribution in [0.1, 0.15) is 18.1 Å². The highest BCUT2D eigenvalue weighted by Crippen LogP contribution is 2.46. The number of para-hydroxylation sites is 2. The first-order valence-corrected chi connectivity index (χ1v) is 14.6. The lowest BCUT2D eigenvalue weighted by Crippen LogP contribution is -2.22. The van der Waals surface area contributed by atoms with Crippen LogP contribution in [0.15, 0.2) is 133 Å².